The molecular weight excluding hydrogens is 270 g/mol. The normalized spacial score (nSPS) is 18.5. The fourth-order valence-electron chi connectivity index (χ4n) is 3.02. The summed E-state index contributed by atoms with van der Waals surface area (Å²) in [5, 5.41) is 0. The SMILES string of the molecule is CCCCCC1CC=C(c2ccc(OC)c(F)c2F)CC1. The lowest BCUT2D eigenvalue weighted by atomic mass is 9.83. The molecule has 1 atom stereocenters. The molecule has 116 valence electrons. The molecule has 0 saturated carbocycles. The van der Waals surface area contributed by atoms with Crippen molar-refractivity contribution in [2.45, 2.75) is 51.9 Å². The van der Waals surface area contributed by atoms with Crippen molar-refractivity contribution in [2.75, 3.05) is 7.11 Å². The van der Waals surface area contributed by atoms with Crippen molar-refractivity contribution in [1.29, 1.82) is 0 Å². The molecule has 0 aliphatic heterocycles. The quantitative estimate of drug-likeness (QED) is 0.608. The Morgan fingerprint density at radius 2 is 2.00 bits per heavy atom. The van der Waals surface area contributed by atoms with E-state index in [4.69, 9.17) is 4.74 Å². The minimum Gasteiger partial charge on any atom is -0.494 e. The highest BCUT2D eigenvalue weighted by molar-refractivity contribution is 5.67. The first-order valence-electron chi connectivity index (χ1n) is 7.88. The van der Waals surface area contributed by atoms with Gasteiger partial charge in [0.25, 0.3) is 0 Å². The Morgan fingerprint density at radius 3 is 2.62 bits per heavy atom. The third-order valence-corrected chi connectivity index (χ3v) is 4.35. The standard InChI is InChI=1S/C18H24F2O/c1-3-4-5-6-13-7-9-14(10-8-13)15-11-12-16(21-2)18(20)17(15)19/h9,11-13H,3-8,10H2,1-2H3. The van der Waals surface area contributed by atoms with Crippen LogP contribution in [0.3, 0.4) is 0 Å². The Bertz CT molecular complexity index is 508. The monoisotopic (exact) mass is 294 g/mol. The van der Waals surface area contributed by atoms with Gasteiger partial charge in [-0.15, -0.1) is 0 Å². The van der Waals surface area contributed by atoms with Crippen molar-refractivity contribution >= 4 is 5.57 Å². The van der Waals surface area contributed by atoms with E-state index < -0.39 is 11.6 Å². The van der Waals surface area contributed by atoms with E-state index in [1.165, 1.54) is 38.9 Å². The molecule has 0 aromatic heterocycles. The van der Waals surface area contributed by atoms with Crippen LogP contribution < -0.4 is 4.74 Å². The Balaban J connectivity index is 2.05. The molecule has 0 amide bonds. The molecule has 1 aromatic rings. The number of hydrogen-bond donors (Lipinski definition) is 0. The summed E-state index contributed by atoms with van der Waals surface area (Å²) in [5.74, 6) is -1.01. The first-order valence-corrected chi connectivity index (χ1v) is 7.88. The van der Waals surface area contributed by atoms with Gasteiger partial charge in [-0.2, -0.15) is 4.39 Å². The number of unbranched alkanes of at least 4 members (excludes halogenated alkanes) is 2. The number of hydrogen-bond acceptors (Lipinski definition) is 1. The maximum Gasteiger partial charge on any atom is 0.201 e. The second kappa shape index (κ2) is 7.58. The summed E-state index contributed by atoms with van der Waals surface area (Å²) in [4.78, 5) is 0. The second-order valence-corrected chi connectivity index (χ2v) is 5.81. The second-order valence-electron chi connectivity index (χ2n) is 5.81. The van der Waals surface area contributed by atoms with E-state index in [1.807, 2.05) is 0 Å². The number of rotatable bonds is 6. The third kappa shape index (κ3) is 3.84. The summed E-state index contributed by atoms with van der Waals surface area (Å²) in [5.41, 5.74) is 1.32. The highest BCUT2D eigenvalue weighted by Gasteiger charge is 2.20. The maximum atomic E-state index is 14.1. The number of allylic oxidation sites excluding steroid dienone is 2. The van der Waals surface area contributed by atoms with Gasteiger partial charge in [0.2, 0.25) is 5.82 Å². The lowest BCUT2D eigenvalue weighted by Gasteiger charge is -2.22. The van der Waals surface area contributed by atoms with Crippen molar-refractivity contribution in [2.24, 2.45) is 5.92 Å². The Morgan fingerprint density at radius 1 is 1.19 bits per heavy atom. The van der Waals surface area contributed by atoms with Gasteiger partial charge in [-0.05, 0) is 42.9 Å². The van der Waals surface area contributed by atoms with Gasteiger partial charge in [0.05, 0.1) is 7.11 Å². The average molecular weight is 294 g/mol. The zero-order chi connectivity index (χ0) is 15.2. The van der Waals surface area contributed by atoms with E-state index in [-0.39, 0.29) is 5.75 Å². The summed E-state index contributed by atoms with van der Waals surface area (Å²) in [6.07, 6.45) is 10.0. The fraction of sp³-hybridized carbons (Fsp3) is 0.556. The van der Waals surface area contributed by atoms with Crippen LogP contribution in [-0.2, 0) is 0 Å². The van der Waals surface area contributed by atoms with Gasteiger partial charge in [-0.25, -0.2) is 4.39 Å². The summed E-state index contributed by atoms with van der Waals surface area (Å²) >= 11 is 0. The van der Waals surface area contributed by atoms with Crippen LogP contribution in [0.25, 0.3) is 5.57 Å². The molecule has 0 radical (unpaired) electrons. The van der Waals surface area contributed by atoms with Crippen LogP contribution in [0.5, 0.6) is 5.75 Å². The zero-order valence-corrected chi connectivity index (χ0v) is 12.9. The molecule has 21 heavy (non-hydrogen) atoms. The molecule has 0 saturated heterocycles. The molecule has 1 nitrogen and oxygen atoms in total. The van der Waals surface area contributed by atoms with Crippen LogP contribution >= 0.6 is 0 Å². The van der Waals surface area contributed by atoms with Crippen molar-refractivity contribution in [3.8, 4) is 5.75 Å². The number of halogens is 2. The van der Waals surface area contributed by atoms with E-state index in [0.29, 0.717) is 11.5 Å². The van der Waals surface area contributed by atoms with Crippen LogP contribution in [0.1, 0.15) is 57.4 Å². The molecular formula is C18H24F2O. The number of ether oxygens (including phenoxy) is 1. The van der Waals surface area contributed by atoms with Gasteiger partial charge in [-0.1, -0.05) is 38.7 Å². The van der Waals surface area contributed by atoms with E-state index in [9.17, 15) is 8.78 Å². The summed E-state index contributed by atoms with van der Waals surface area (Å²) in [6, 6.07) is 3.13. The summed E-state index contributed by atoms with van der Waals surface area (Å²) in [6.45, 7) is 2.21. The summed E-state index contributed by atoms with van der Waals surface area (Å²) < 4.78 is 32.7. The van der Waals surface area contributed by atoms with Crippen LogP contribution in [0.4, 0.5) is 8.78 Å². The molecule has 1 aliphatic carbocycles. The molecule has 1 aliphatic rings. The zero-order valence-electron chi connectivity index (χ0n) is 12.9. The van der Waals surface area contributed by atoms with E-state index in [0.717, 1.165) is 24.8 Å². The number of benzene rings is 1. The van der Waals surface area contributed by atoms with Gasteiger partial charge < -0.3 is 4.74 Å². The maximum absolute atomic E-state index is 14.1. The van der Waals surface area contributed by atoms with E-state index in [2.05, 4.69) is 13.0 Å². The molecule has 1 aromatic carbocycles. The number of methoxy groups -OCH3 is 1. The van der Waals surface area contributed by atoms with Crippen LogP contribution in [0.15, 0.2) is 18.2 Å². The molecule has 0 spiro atoms. The Labute approximate surface area is 126 Å². The molecule has 0 bridgehead atoms. The highest BCUT2D eigenvalue weighted by atomic mass is 19.2. The smallest absolute Gasteiger partial charge is 0.201 e. The molecule has 3 heteroatoms. The van der Waals surface area contributed by atoms with E-state index in [1.54, 1.807) is 6.07 Å². The predicted octanol–water partition coefficient (Wildman–Crippen LogP) is 5.74. The minimum atomic E-state index is -0.888. The Hall–Kier alpha value is -1.38. The van der Waals surface area contributed by atoms with Crippen LogP contribution in [-0.4, -0.2) is 7.11 Å². The summed E-state index contributed by atoms with van der Waals surface area (Å²) in [7, 11) is 1.35. The van der Waals surface area contributed by atoms with Gasteiger partial charge >= 0.3 is 0 Å². The Kier molecular flexibility index (Phi) is 5.77. The van der Waals surface area contributed by atoms with Gasteiger partial charge in [0.1, 0.15) is 0 Å². The van der Waals surface area contributed by atoms with Gasteiger partial charge in [0.15, 0.2) is 11.6 Å². The highest BCUT2D eigenvalue weighted by Crippen LogP contribution is 2.35. The van der Waals surface area contributed by atoms with Crippen LogP contribution in [0.2, 0.25) is 0 Å². The topological polar surface area (TPSA) is 9.23 Å². The lowest BCUT2D eigenvalue weighted by Crippen LogP contribution is -2.07. The van der Waals surface area contributed by atoms with Crippen molar-refractivity contribution in [3.63, 3.8) is 0 Å². The lowest BCUT2D eigenvalue weighted by molar-refractivity contribution is 0.371. The average Bonchev–Trinajstić information content (AvgIpc) is 2.51. The molecule has 2 rings (SSSR count). The van der Waals surface area contributed by atoms with Crippen molar-refractivity contribution in [3.05, 3.63) is 35.4 Å². The van der Waals surface area contributed by atoms with Crippen LogP contribution in [0, 0.1) is 17.6 Å². The first-order chi connectivity index (χ1) is 10.2. The first kappa shape index (κ1) is 16.0. The molecule has 0 heterocycles. The molecule has 1 unspecified atom stereocenters. The van der Waals surface area contributed by atoms with Gasteiger partial charge in [-0.3, -0.25) is 0 Å². The molecule has 0 fully saturated rings. The minimum absolute atomic E-state index is 0.0369. The third-order valence-electron chi connectivity index (χ3n) is 4.35. The van der Waals surface area contributed by atoms with Gasteiger partial charge in [0, 0.05) is 5.56 Å². The van der Waals surface area contributed by atoms with Crippen molar-refractivity contribution in [1.82, 2.24) is 0 Å². The van der Waals surface area contributed by atoms with E-state index >= 15 is 0 Å². The fourth-order valence-corrected chi connectivity index (χ4v) is 3.02. The van der Waals surface area contributed by atoms with Crippen molar-refractivity contribution < 1.29 is 13.5 Å². The predicted molar refractivity (Wildman–Crippen MR) is 82.4 cm³/mol. The molecule has 0 N–H and O–H groups in total. The largest absolute Gasteiger partial charge is 0.494 e.